The van der Waals surface area contributed by atoms with Crippen molar-refractivity contribution < 1.29 is 9.59 Å². The maximum Gasteiger partial charge on any atom is 0.246 e. The van der Waals surface area contributed by atoms with Crippen molar-refractivity contribution in [1.82, 2.24) is 10.2 Å². The standard InChI is InChI=1S/C13H17BrN2O2S/c1-7(2)11-13(18)16(8(3)12(17)15-11)6-9-4-5-10(14)19-9/h4-5,7-8,11H,6H2,1-3H3,(H,15,17). The highest BCUT2D eigenvalue weighted by Crippen LogP contribution is 2.25. The van der Waals surface area contributed by atoms with Crippen molar-refractivity contribution in [3.8, 4) is 0 Å². The van der Waals surface area contributed by atoms with Crippen LogP contribution in [0.1, 0.15) is 25.6 Å². The first kappa shape index (κ1) is 14.5. The third-order valence-corrected chi connectivity index (χ3v) is 4.92. The number of nitrogens with one attached hydrogen (secondary N) is 1. The Hall–Kier alpha value is -0.880. The van der Waals surface area contributed by atoms with E-state index in [2.05, 4.69) is 21.2 Å². The molecule has 1 aliphatic rings. The monoisotopic (exact) mass is 344 g/mol. The molecule has 0 aromatic carbocycles. The lowest BCUT2D eigenvalue weighted by atomic mass is 9.98. The van der Waals surface area contributed by atoms with Gasteiger partial charge in [0.05, 0.1) is 10.3 Å². The fraction of sp³-hybridized carbons (Fsp3) is 0.538. The van der Waals surface area contributed by atoms with Crippen LogP contribution in [-0.2, 0) is 16.1 Å². The summed E-state index contributed by atoms with van der Waals surface area (Å²) in [5.74, 6) is 0.0297. The number of rotatable bonds is 3. The van der Waals surface area contributed by atoms with E-state index >= 15 is 0 Å². The quantitative estimate of drug-likeness (QED) is 0.915. The molecule has 0 saturated carbocycles. The van der Waals surface area contributed by atoms with Crippen LogP contribution in [0.15, 0.2) is 15.9 Å². The number of amides is 2. The third kappa shape index (κ3) is 3.00. The van der Waals surface area contributed by atoms with Crippen molar-refractivity contribution >= 4 is 39.1 Å². The molecule has 0 spiro atoms. The fourth-order valence-corrected chi connectivity index (χ4v) is 3.60. The van der Waals surface area contributed by atoms with Crippen molar-refractivity contribution in [1.29, 1.82) is 0 Å². The van der Waals surface area contributed by atoms with Crippen LogP contribution in [0.25, 0.3) is 0 Å². The molecule has 0 bridgehead atoms. The number of thiophene rings is 1. The van der Waals surface area contributed by atoms with Gasteiger partial charge in [-0.05, 0) is 40.9 Å². The normalized spacial score (nSPS) is 23.9. The molecule has 19 heavy (non-hydrogen) atoms. The molecule has 1 aromatic rings. The number of halogens is 1. The average molecular weight is 345 g/mol. The predicted molar refractivity (Wildman–Crippen MR) is 78.8 cm³/mol. The second-order valence-electron chi connectivity index (χ2n) is 5.08. The van der Waals surface area contributed by atoms with Crippen LogP contribution in [-0.4, -0.2) is 28.8 Å². The van der Waals surface area contributed by atoms with Gasteiger partial charge < -0.3 is 10.2 Å². The van der Waals surface area contributed by atoms with Crippen LogP contribution in [0.3, 0.4) is 0 Å². The number of nitrogens with zero attached hydrogens (tertiary/aromatic N) is 1. The number of carbonyl (C=O) groups is 2. The molecular formula is C13H17BrN2O2S. The van der Waals surface area contributed by atoms with E-state index in [1.54, 1.807) is 23.2 Å². The predicted octanol–water partition coefficient (Wildman–Crippen LogP) is 2.38. The second kappa shape index (κ2) is 5.63. The van der Waals surface area contributed by atoms with Crippen LogP contribution >= 0.6 is 27.3 Å². The molecule has 1 saturated heterocycles. The minimum Gasteiger partial charge on any atom is -0.342 e. The molecule has 6 heteroatoms. The molecule has 2 rings (SSSR count). The third-order valence-electron chi connectivity index (χ3n) is 3.32. The van der Waals surface area contributed by atoms with E-state index < -0.39 is 12.1 Å². The molecule has 1 aliphatic heterocycles. The number of hydrogen-bond acceptors (Lipinski definition) is 3. The molecule has 2 atom stereocenters. The summed E-state index contributed by atoms with van der Waals surface area (Å²) in [5.41, 5.74) is 0. The van der Waals surface area contributed by atoms with Crippen molar-refractivity contribution in [2.75, 3.05) is 0 Å². The van der Waals surface area contributed by atoms with E-state index in [1.165, 1.54) is 0 Å². The zero-order valence-corrected chi connectivity index (χ0v) is 13.5. The number of carbonyl (C=O) groups excluding carboxylic acids is 2. The van der Waals surface area contributed by atoms with Gasteiger partial charge in [0.1, 0.15) is 12.1 Å². The highest BCUT2D eigenvalue weighted by Gasteiger charge is 2.39. The van der Waals surface area contributed by atoms with Crippen molar-refractivity contribution in [2.24, 2.45) is 5.92 Å². The molecule has 2 amide bonds. The van der Waals surface area contributed by atoms with Gasteiger partial charge in [-0.25, -0.2) is 0 Å². The summed E-state index contributed by atoms with van der Waals surface area (Å²) in [6, 6.07) is 3.11. The SMILES string of the molecule is CC(C)C1NC(=O)C(C)N(Cc2ccc(Br)s2)C1=O. The van der Waals surface area contributed by atoms with Gasteiger partial charge in [0.25, 0.3) is 0 Å². The molecule has 0 radical (unpaired) electrons. The Morgan fingerprint density at radius 2 is 2.11 bits per heavy atom. The van der Waals surface area contributed by atoms with Crippen LogP contribution in [0.4, 0.5) is 0 Å². The first-order valence-corrected chi connectivity index (χ1v) is 7.86. The molecule has 0 aliphatic carbocycles. The highest BCUT2D eigenvalue weighted by molar-refractivity contribution is 9.11. The zero-order chi connectivity index (χ0) is 14.2. The lowest BCUT2D eigenvalue weighted by molar-refractivity contribution is -0.150. The maximum absolute atomic E-state index is 12.4. The van der Waals surface area contributed by atoms with E-state index in [1.807, 2.05) is 26.0 Å². The van der Waals surface area contributed by atoms with Gasteiger partial charge in [0.2, 0.25) is 11.8 Å². The van der Waals surface area contributed by atoms with Gasteiger partial charge in [0, 0.05) is 4.88 Å². The maximum atomic E-state index is 12.4. The summed E-state index contributed by atoms with van der Waals surface area (Å²) in [4.78, 5) is 27.1. The summed E-state index contributed by atoms with van der Waals surface area (Å²) in [7, 11) is 0. The van der Waals surface area contributed by atoms with E-state index in [4.69, 9.17) is 0 Å². The summed E-state index contributed by atoms with van der Waals surface area (Å²) in [6.45, 7) is 6.15. The Bertz CT molecular complexity index is 501. The van der Waals surface area contributed by atoms with Crippen LogP contribution in [0, 0.1) is 5.92 Å². The highest BCUT2D eigenvalue weighted by atomic mass is 79.9. The molecule has 2 heterocycles. The lowest BCUT2D eigenvalue weighted by Gasteiger charge is -2.38. The van der Waals surface area contributed by atoms with Gasteiger partial charge in [-0.15, -0.1) is 11.3 Å². The smallest absolute Gasteiger partial charge is 0.246 e. The summed E-state index contributed by atoms with van der Waals surface area (Å²) >= 11 is 5.00. The summed E-state index contributed by atoms with van der Waals surface area (Å²) < 4.78 is 1.03. The average Bonchev–Trinajstić information content (AvgIpc) is 2.74. The Labute approximate surface area is 125 Å². The van der Waals surface area contributed by atoms with Gasteiger partial charge in [-0.1, -0.05) is 13.8 Å². The van der Waals surface area contributed by atoms with Crippen molar-refractivity contribution in [3.05, 3.63) is 20.8 Å². The van der Waals surface area contributed by atoms with Gasteiger partial charge in [-0.2, -0.15) is 0 Å². The van der Waals surface area contributed by atoms with Crippen LogP contribution in [0.2, 0.25) is 0 Å². The van der Waals surface area contributed by atoms with Crippen molar-refractivity contribution in [2.45, 2.75) is 39.4 Å². The van der Waals surface area contributed by atoms with Gasteiger partial charge >= 0.3 is 0 Å². The van der Waals surface area contributed by atoms with Gasteiger partial charge in [0.15, 0.2) is 0 Å². The molecule has 1 fully saturated rings. The van der Waals surface area contributed by atoms with E-state index in [9.17, 15) is 9.59 Å². The Morgan fingerprint density at radius 1 is 1.42 bits per heavy atom. The van der Waals surface area contributed by atoms with E-state index in [-0.39, 0.29) is 17.7 Å². The molecule has 1 aromatic heterocycles. The van der Waals surface area contributed by atoms with Crippen molar-refractivity contribution in [3.63, 3.8) is 0 Å². The summed E-state index contributed by atoms with van der Waals surface area (Å²) in [6.07, 6.45) is 0. The lowest BCUT2D eigenvalue weighted by Crippen LogP contribution is -2.63. The van der Waals surface area contributed by atoms with Crippen LogP contribution in [0.5, 0.6) is 0 Å². The molecular weight excluding hydrogens is 328 g/mol. The van der Waals surface area contributed by atoms with E-state index in [0.717, 1.165) is 8.66 Å². The molecule has 104 valence electrons. The number of piperazine rings is 1. The largest absolute Gasteiger partial charge is 0.342 e. The first-order chi connectivity index (χ1) is 8.90. The zero-order valence-electron chi connectivity index (χ0n) is 11.1. The van der Waals surface area contributed by atoms with E-state index in [0.29, 0.717) is 6.54 Å². The second-order valence-corrected chi connectivity index (χ2v) is 7.63. The van der Waals surface area contributed by atoms with Crippen LogP contribution < -0.4 is 5.32 Å². The Morgan fingerprint density at radius 3 is 2.63 bits per heavy atom. The number of hydrogen-bond donors (Lipinski definition) is 1. The Kier molecular flexibility index (Phi) is 4.30. The topological polar surface area (TPSA) is 49.4 Å². The minimum absolute atomic E-state index is 0.00613. The Balaban J connectivity index is 2.20. The molecule has 4 nitrogen and oxygen atoms in total. The fourth-order valence-electron chi connectivity index (χ4n) is 2.12. The first-order valence-electron chi connectivity index (χ1n) is 6.25. The molecule has 2 unspecified atom stereocenters. The summed E-state index contributed by atoms with van der Waals surface area (Å²) in [5, 5.41) is 2.80. The van der Waals surface area contributed by atoms with Gasteiger partial charge in [-0.3, -0.25) is 9.59 Å². The molecule has 1 N–H and O–H groups in total. The minimum atomic E-state index is -0.414.